The standard InChI is InChI=1S/C12H17NO3S/c1-16-10-6-11(17-8-10)12(15)13-4-2-9(7-14)3-5-13/h6,8-9,14H,2-5,7H2,1H3. The molecule has 0 saturated carbocycles. The number of carbonyl (C=O) groups excluding carboxylic acids is 1. The van der Waals surface area contributed by atoms with Gasteiger partial charge in [-0.2, -0.15) is 0 Å². The third kappa shape index (κ3) is 2.79. The van der Waals surface area contributed by atoms with E-state index in [1.54, 1.807) is 13.2 Å². The van der Waals surface area contributed by atoms with Gasteiger partial charge in [-0.1, -0.05) is 0 Å². The molecule has 1 saturated heterocycles. The van der Waals surface area contributed by atoms with E-state index < -0.39 is 0 Å². The fraction of sp³-hybridized carbons (Fsp3) is 0.583. The number of aliphatic hydroxyl groups is 1. The van der Waals surface area contributed by atoms with Gasteiger partial charge >= 0.3 is 0 Å². The van der Waals surface area contributed by atoms with E-state index in [4.69, 9.17) is 9.84 Å². The zero-order valence-electron chi connectivity index (χ0n) is 9.89. The first-order valence-electron chi connectivity index (χ1n) is 5.77. The van der Waals surface area contributed by atoms with E-state index in [-0.39, 0.29) is 12.5 Å². The first-order valence-corrected chi connectivity index (χ1v) is 6.65. The minimum Gasteiger partial charge on any atom is -0.496 e. The summed E-state index contributed by atoms with van der Waals surface area (Å²) in [7, 11) is 1.60. The van der Waals surface area contributed by atoms with Crippen molar-refractivity contribution in [3.05, 3.63) is 16.3 Å². The van der Waals surface area contributed by atoms with Crippen molar-refractivity contribution in [2.24, 2.45) is 5.92 Å². The zero-order chi connectivity index (χ0) is 12.3. The van der Waals surface area contributed by atoms with Crippen LogP contribution in [0, 0.1) is 5.92 Å². The van der Waals surface area contributed by atoms with Gasteiger partial charge in [0, 0.05) is 31.1 Å². The van der Waals surface area contributed by atoms with Crippen LogP contribution in [0.4, 0.5) is 0 Å². The Labute approximate surface area is 105 Å². The summed E-state index contributed by atoms with van der Waals surface area (Å²) in [5, 5.41) is 10.9. The minimum absolute atomic E-state index is 0.0784. The zero-order valence-corrected chi connectivity index (χ0v) is 10.7. The number of thiophene rings is 1. The molecule has 4 nitrogen and oxygen atoms in total. The molecule has 17 heavy (non-hydrogen) atoms. The second-order valence-electron chi connectivity index (χ2n) is 4.27. The number of rotatable bonds is 3. The molecule has 1 aromatic heterocycles. The second kappa shape index (κ2) is 5.51. The van der Waals surface area contributed by atoms with Gasteiger partial charge in [-0.3, -0.25) is 4.79 Å². The van der Waals surface area contributed by atoms with Gasteiger partial charge in [-0.25, -0.2) is 0 Å². The molecular weight excluding hydrogens is 238 g/mol. The summed E-state index contributed by atoms with van der Waals surface area (Å²) >= 11 is 1.42. The van der Waals surface area contributed by atoms with Crippen LogP contribution < -0.4 is 4.74 Å². The molecule has 1 fully saturated rings. The molecule has 1 aromatic rings. The monoisotopic (exact) mass is 255 g/mol. The number of nitrogens with zero attached hydrogens (tertiary/aromatic N) is 1. The fourth-order valence-electron chi connectivity index (χ4n) is 2.01. The summed E-state index contributed by atoms with van der Waals surface area (Å²) in [6.07, 6.45) is 1.79. The van der Waals surface area contributed by atoms with Gasteiger partial charge in [0.25, 0.3) is 5.91 Å². The van der Waals surface area contributed by atoms with Crippen molar-refractivity contribution in [2.45, 2.75) is 12.8 Å². The lowest BCUT2D eigenvalue weighted by atomic mass is 9.98. The highest BCUT2D eigenvalue weighted by Crippen LogP contribution is 2.24. The third-order valence-corrected chi connectivity index (χ3v) is 4.08. The Morgan fingerprint density at radius 2 is 2.29 bits per heavy atom. The van der Waals surface area contributed by atoms with Crippen LogP contribution >= 0.6 is 11.3 Å². The van der Waals surface area contributed by atoms with Crippen LogP contribution in [0.15, 0.2) is 11.4 Å². The van der Waals surface area contributed by atoms with Crippen molar-refractivity contribution in [3.8, 4) is 5.75 Å². The van der Waals surface area contributed by atoms with Gasteiger partial charge in [0.05, 0.1) is 12.0 Å². The first-order chi connectivity index (χ1) is 8.24. The van der Waals surface area contributed by atoms with Crippen LogP contribution in [0.5, 0.6) is 5.75 Å². The van der Waals surface area contributed by atoms with Crippen molar-refractivity contribution in [3.63, 3.8) is 0 Å². The van der Waals surface area contributed by atoms with Gasteiger partial charge < -0.3 is 14.7 Å². The minimum atomic E-state index is 0.0784. The van der Waals surface area contributed by atoms with Gasteiger partial charge in [-0.15, -0.1) is 11.3 Å². The van der Waals surface area contributed by atoms with Gasteiger partial charge in [0.2, 0.25) is 0 Å². The lowest BCUT2D eigenvalue weighted by molar-refractivity contribution is 0.0655. The van der Waals surface area contributed by atoms with E-state index in [0.717, 1.165) is 36.6 Å². The lowest BCUT2D eigenvalue weighted by Gasteiger charge is -2.30. The molecule has 0 atom stereocenters. The number of ether oxygens (including phenoxy) is 1. The fourth-order valence-corrected chi connectivity index (χ4v) is 2.83. The Morgan fingerprint density at radius 1 is 1.59 bits per heavy atom. The van der Waals surface area contributed by atoms with Crippen LogP contribution in [-0.2, 0) is 0 Å². The van der Waals surface area contributed by atoms with Crippen LogP contribution in [0.2, 0.25) is 0 Å². The molecule has 1 aliphatic rings. The van der Waals surface area contributed by atoms with Crippen LogP contribution in [0.1, 0.15) is 22.5 Å². The normalized spacial score (nSPS) is 17.2. The van der Waals surface area contributed by atoms with Gasteiger partial charge in [-0.05, 0) is 18.8 Å². The van der Waals surface area contributed by atoms with Crippen LogP contribution in [-0.4, -0.2) is 42.7 Å². The van der Waals surface area contributed by atoms with Crippen molar-refractivity contribution in [1.29, 1.82) is 0 Å². The quantitative estimate of drug-likeness (QED) is 0.892. The summed E-state index contributed by atoms with van der Waals surface area (Å²) in [6, 6.07) is 1.78. The van der Waals surface area contributed by atoms with Crippen LogP contribution in [0.3, 0.4) is 0 Å². The van der Waals surface area contributed by atoms with E-state index in [1.807, 2.05) is 10.3 Å². The summed E-state index contributed by atoms with van der Waals surface area (Å²) in [6.45, 7) is 1.71. The largest absolute Gasteiger partial charge is 0.496 e. The SMILES string of the molecule is COc1csc(C(=O)N2CCC(CO)CC2)c1. The maximum absolute atomic E-state index is 12.1. The first kappa shape index (κ1) is 12.4. The third-order valence-electron chi connectivity index (χ3n) is 3.18. The average Bonchev–Trinajstić information content (AvgIpc) is 2.87. The van der Waals surface area contributed by atoms with E-state index in [0.29, 0.717) is 5.92 Å². The highest BCUT2D eigenvalue weighted by molar-refractivity contribution is 7.12. The highest BCUT2D eigenvalue weighted by atomic mass is 32.1. The molecule has 1 amide bonds. The topological polar surface area (TPSA) is 49.8 Å². The smallest absolute Gasteiger partial charge is 0.264 e. The molecule has 0 radical (unpaired) electrons. The predicted molar refractivity (Wildman–Crippen MR) is 66.6 cm³/mol. The number of hydrogen-bond acceptors (Lipinski definition) is 4. The lowest BCUT2D eigenvalue weighted by Crippen LogP contribution is -2.38. The second-order valence-corrected chi connectivity index (χ2v) is 5.18. The van der Waals surface area contributed by atoms with Crippen molar-refractivity contribution >= 4 is 17.2 Å². The number of carbonyl (C=O) groups is 1. The number of piperidine rings is 1. The van der Waals surface area contributed by atoms with E-state index in [9.17, 15) is 4.79 Å². The summed E-state index contributed by atoms with van der Waals surface area (Å²) in [4.78, 5) is 14.7. The molecule has 0 unspecified atom stereocenters. The molecule has 0 aromatic carbocycles. The Hall–Kier alpha value is -1.07. The molecule has 1 N–H and O–H groups in total. The Balaban J connectivity index is 1.96. The van der Waals surface area contributed by atoms with Gasteiger partial charge in [0.1, 0.15) is 5.75 Å². The Bertz CT molecular complexity index is 383. The molecule has 0 aliphatic carbocycles. The molecular formula is C12H17NO3S. The van der Waals surface area contributed by atoms with Crippen molar-refractivity contribution < 1.29 is 14.6 Å². The number of hydrogen-bond donors (Lipinski definition) is 1. The number of likely N-dealkylation sites (tertiary alicyclic amines) is 1. The van der Waals surface area contributed by atoms with Crippen molar-refractivity contribution in [2.75, 3.05) is 26.8 Å². The molecule has 94 valence electrons. The summed E-state index contributed by atoms with van der Waals surface area (Å²) in [5.41, 5.74) is 0. The Morgan fingerprint density at radius 3 is 2.82 bits per heavy atom. The van der Waals surface area contributed by atoms with E-state index in [1.165, 1.54) is 11.3 Å². The molecule has 0 spiro atoms. The van der Waals surface area contributed by atoms with E-state index in [2.05, 4.69) is 0 Å². The Kier molecular flexibility index (Phi) is 4.02. The maximum Gasteiger partial charge on any atom is 0.264 e. The summed E-state index contributed by atoms with van der Waals surface area (Å²) < 4.78 is 5.07. The highest BCUT2D eigenvalue weighted by Gasteiger charge is 2.24. The number of aliphatic hydroxyl groups excluding tert-OH is 1. The molecule has 5 heteroatoms. The number of methoxy groups -OCH3 is 1. The predicted octanol–water partition coefficient (Wildman–Crippen LogP) is 1.60. The van der Waals surface area contributed by atoms with Crippen molar-refractivity contribution in [1.82, 2.24) is 4.90 Å². The molecule has 2 rings (SSSR count). The van der Waals surface area contributed by atoms with E-state index >= 15 is 0 Å². The maximum atomic E-state index is 12.1. The van der Waals surface area contributed by atoms with Crippen LogP contribution in [0.25, 0.3) is 0 Å². The average molecular weight is 255 g/mol. The molecule has 1 aliphatic heterocycles. The van der Waals surface area contributed by atoms with Gasteiger partial charge in [0.15, 0.2) is 0 Å². The molecule has 0 bridgehead atoms. The summed E-state index contributed by atoms with van der Waals surface area (Å²) in [5.74, 6) is 1.18. The number of amides is 1. The molecule has 2 heterocycles.